The Balaban J connectivity index is 1.68. The van der Waals surface area contributed by atoms with Gasteiger partial charge in [-0.2, -0.15) is 0 Å². The third-order valence-corrected chi connectivity index (χ3v) is 4.60. The fourth-order valence-electron chi connectivity index (χ4n) is 3.24. The molecule has 0 aliphatic carbocycles. The van der Waals surface area contributed by atoms with E-state index in [-0.39, 0.29) is 11.5 Å². The predicted octanol–water partition coefficient (Wildman–Crippen LogP) is 1.61. The molecular weight excluding hydrogens is 322 g/mol. The number of hydrogen-bond acceptors (Lipinski definition) is 5. The lowest BCUT2D eigenvalue weighted by Gasteiger charge is -2.30. The lowest BCUT2D eigenvalue weighted by atomic mass is 9.97. The van der Waals surface area contributed by atoms with Crippen molar-refractivity contribution in [3.05, 3.63) is 40.9 Å². The number of carboxylic acid groups (broad SMARTS) is 1. The molecule has 3 N–H and O–H groups in total. The van der Waals surface area contributed by atoms with Crippen LogP contribution in [0.5, 0.6) is 0 Å². The summed E-state index contributed by atoms with van der Waals surface area (Å²) in [5.74, 6) is -0.614. The van der Waals surface area contributed by atoms with Gasteiger partial charge in [-0.3, -0.25) is 14.6 Å². The van der Waals surface area contributed by atoms with Gasteiger partial charge in [-0.1, -0.05) is 0 Å². The molecule has 8 heteroatoms. The van der Waals surface area contributed by atoms with Crippen molar-refractivity contribution in [1.82, 2.24) is 19.9 Å². The Kier molecular flexibility index (Phi) is 3.72. The van der Waals surface area contributed by atoms with Crippen molar-refractivity contribution >= 4 is 23.0 Å². The summed E-state index contributed by atoms with van der Waals surface area (Å²) < 4.78 is 0. The van der Waals surface area contributed by atoms with Gasteiger partial charge in [-0.05, 0) is 25.0 Å². The molecule has 8 nitrogen and oxygen atoms in total. The molecule has 1 aliphatic heterocycles. The molecule has 1 saturated heterocycles. The molecule has 3 aromatic rings. The number of aromatic nitrogens is 4. The van der Waals surface area contributed by atoms with E-state index in [4.69, 9.17) is 5.11 Å². The summed E-state index contributed by atoms with van der Waals surface area (Å²) in [7, 11) is 0. The van der Waals surface area contributed by atoms with E-state index >= 15 is 0 Å². The standard InChI is InChI=1S/C17H17N5O3/c23-14-8-13(12-9-19-15-11(12)2-1-5-18-15)20-17(21-14)22-6-3-10(4-7-22)16(24)25/h1-2,5,8-10H,3-4,6-7H2,(H,18,19)(H,24,25)(H,20,21,23). The molecule has 3 aromatic heterocycles. The van der Waals surface area contributed by atoms with Crippen molar-refractivity contribution in [2.75, 3.05) is 18.0 Å². The third kappa shape index (κ3) is 2.86. The smallest absolute Gasteiger partial charge is 0.306 e. The second-order valence-corrected chi connectivity index (χ2v) is 6.16. The number of rotatable bonds is 3. The van der Waals surface area contributed by atoms with Crippen molar-refractivity contribution in [1.29, 1.82) is 0 Å². The second kappa shape index (κ2) is 6.04. The molecule has 0 spiro atoms. The maximum Gasteiger partial charge on any atom is 0.306 e. The number of H-pyrrole nitrogens is 2. The number of carbonyl (C=O) groups is 1. The van der Waals surface area contributed by atoms with Gasteiger partial charge in [0.2, 0.25) is 5.95 Å². The average Bonchev–Trinajstić information content (AvgIpc) is 3.05. The Hall–Kier alpha value is -3.16. The van der Waals surface area contributed by atoms with Crippen molar-refractivity contribution in [3.63, 3.8) is 0 Å². The summed E-state index contributed by atoms with van der Waals surface area (Å²) >= 11 is 0. The van der Waals surface area contributed by atoms with Crippen LogP contribution >= 0.6 is 0 Å². The first-order chi connectivity index (χ1) is 12.1. The minimum Gasteiger partial charge on any atom is -0.481 e. The average molecular weight is 339 g/mol. The van der Waals surface area contributed by atoms with Crippen LogP contribution in [0.4, 0.5) is 5.95 Å². The van der Waals surface area contributed by atoms with Gasteiger partial charge >= 0.3 is 5.97 Å². The molecule has 0 radical (unpaired) electrons. The molecule has 128 valence electrons. The van der Waals surface area contributed by atoms with Crippen LogP contribution in [-0.2, 0) is 4.79 Å². The quantitative estimate of drug-likeness (QED) is 0.668. The van der Waals surface area contributed by atoms with E-state index in [1.165, 1.54) is 6.07 Å². The molecule has 4 rings (SSSR count). The van der Waals surface area contributed by atoms with E-state index in [2.05, 4.69) is 19.9 Å². The third-order valence-electron chi connectivity index (χ3n) is 4.60. The van der Waals surface area contributed by atoms with Crippen LogP contribution < -0.4 is 10.5 Å². The maximum atomic E-state index is 12.1. The first kappa shape index (κ1) is 15.4. The van der Waals surface area contributed by atoms with E-state index in [0.717, 1.165) is 16.6 Å². The summed E-state index contributed by atoms with van der Waals surface area (Å²) in [6.07, 6.45) is 4.58. The van der Waals surface area contributed by atoms with Crippen LogP contribution in [0.25, 0.3) is 22.3 Å². The minimum absolute atomic E-state index is 0.237. The number of piperidine rings is 1. The second-order valence-electron chi connectivity index (χ2n) is 6.16. The Morgan fingerprint density at radius 3 is 2.88 bits per heavy atom. The molecule has 0 saturated carbocycles. The van der Waals surface area contributed by atoms with Gasteiger partial charge in [0.15, 0.2) is 0 Å². The zero-order chi connectivity index (χ0) is 17.4. The summed E-state index contributed by atoms with van der Waals surface area (Å²) in [5.41, 5.74) is 1.89. The first-order valence-corrected chi connectivity index (χ1v) is 8.13. The molecular formula is C17H17N5O3. The zero-order valence-electron chi connectivity index (χ0n) is 13.4. The van der Waals surface area contributed by atoms with Gasteiger partial charge in [0.1, 0.15) is 5.65 Å². The fourth-order valence-corrected chi connectivity index (χ4v) is 3.24. The Morgan fingerprint density at radius 2 is 2.12 bits per heavy atom. The summed E-state index contributed by atoms with van der Waals surface area (Å²) in [6.45, 7) is 1.11. The molecule has 1 aliphatic rings. The van der Waals surface area contributed by atoms with Gasteiger partial charge in [-0.15, -0.1) is 0 Å². The fraction of sp³-hybridized carbons (Fsp3) is 0.294. The Bertz CT molecular complexity index is 985. The summed E-state index contributed by atoms with van der Waals surface area (Å²) in [5, 5.41) is 10.0. The van der Waals surface area contributed by atoms with Gasteiger partial charge in [0.05, 0.1) is 11.6 Å². The number of hydrogen-bond donors (Lipinski definition) is 3. The maximum absolute atomic E-state index is 12.1. The number of carboxylic acids is 1. The van der Waals surface area contributed by atoms with Gasteiger partial charge in [-0.25, -0.2) is 9.97 Å². The number of fused-ring (bicyclic) bond motifs is 1. The largest absolute Gasteiger partial charge is 0.481 e. The highest BCUT2D eigenvalue weighted by Crippen LogP contribution is 2.27. The van der Waals surface area contributed by atoms with E-state index in [1.807, 2.05) is 17.0 Å². The topological polar surface area (TPSA) is 115 Å². The van der Waals surface area contributed by atoms with Crippen LogP contribution in [0.3, 0.4) is 0 Å². The Morgan fingerprint density at radius 1 is 1.32 bits per heavy atom. The molecule has 0 bridgehead atoms. The number of anilines is 1. The molecule has 25 heavy (non-hydrogen) atoms. The minimum atomic E-state index is -0.763. The first-order valence-electron chi connectivity index (χ1n) is 8.13. The van der Waals surface area contributed by atoms with Gasteiger partial charge in [0.25, 0.3) is 5.56 Å². The van der Waals surface area contributed by atoms with Gasteiger partial charge < -0.3 is 15.0 Å². The lowest BCUT2D eigenvalue weighted by Crippen LogP contribution is -2.38. The molecule has 1 fully saturated rings. The van der Waals surface area contributed by atoms with Gasteiger partial charge in [0, 0.05) is 42.5 Å². The van der Waals surface area contributed by atoms with E-state index < -0.39 is 5.97 Å². The highest BCUT2D eigenvalue weighted by atomic mass is 16.4. The van der Waals surface area contributed by atoms with E-state index in [0.29, 0.717) is 37.6 Å². The van der Waals surface area contributed by atoms with E-state index in [1.54, 1.807) is 12.4 Å². The molecule has 0 unspecified atom stereocenters. The van der Waals surface area contributed by atoms with Crippen LogP contribution in [0.1, 0.15) is 12.8 Å². The van der Waals surface area contributed by atoms with Crippen LogP contribution in [0.2, 0.25) is 0 Å². The summed E-state index contributed by atoms with van der Waals surface area (Å²) in [4.78, 5) is 39.8. The highest BCUT2D eigenvalue weighted by Gasteiger charge is 2.26. The van der Waals surface area contributed by atoms with Crippen molar-refractivity contribution in [2.24, 2.45) is 5.92 Å². The van der Waals surface area contributed by atoms with Crippen LogP contribution in [0, 0.1) is 5.92 Å². The number of aliphatic carboxylic acids is 1. The summed E-state index contributed by atoms with van der Waals surface area (Å²) in [6, 6.07) is 5.22. The zero-order valence-corrected chi connectivity index (χ0v) is 13.4. The monoisotopic (exact) mass is 339 g/mol. The molecule has 4 heterocycles. The van der Waals surface area contributed by atoms with Crippen LogP contribution in [-0.4, -0.2) is 44.1 Å². The molecule has 0 atom stereocenters. The number of pyridine rings is 1. The predicted molar refractivity (Wildman–Crippen MR) is 92.5 cm³/mol. The SMILES string of the molecule is O=C(O)C1CCN(c2nc(-c3c[nH]c4ncccc34)cc(=O)[nH]2)CC1. The molecule has 0 amide bonds. The van der Waals surface area contributed by atoms with E-state index in [9.17, 15) is 9.59 Å². The Labute approximate surface area is 142 Å². The number of nitrogens with zero attached hydrogens (tertiary/aromatic N) is 3. The lowest BCUT2D eigenvalue weighted by molar-refractivity contribution is -0.142. The highest BCUT2D eigenvalue weighted by molar-refractivity contribution is 5.92. The molecule has 0 aromatic carbocycles. The van der Waals surface area contributed by atoms with Crippen molar-refractivity contribution in [3.8, 4) is 11.3 Å². The van der Waals surface area contributed by atoms with Crippen molar-refractivity contribution < 1.29 is 9.90 Å². The number of aromatic amines is 2. The van der Waals surface area contributed by atoms with Crippen molar-refractivity contribution in [2.45, 2.75) is 12.8 Å². The number of nitrogens with one attached hydrogen (secondary N) is 2. The normalized spacial score (nSPS) is 15.6. The van der Waals surface area contributed by atoms with Crippen LogP contribution in [0.15, 0.2) is 35.4 Å².